The Kier molecular flexibility index (Phi) is 3.90. The van der Waals surface area contributed by atoms with E-state index < -0.39 is 0 Å². The fraction of sp³-hybridized carbons (Fsp3) is 0.417. The molecular weight excluding hydrogens is 316 g/mol. The van der Waals surface area contributed by atoms with Crippen molar-refractivity contribution in [2.75, 3.05) is 13.6 Å². The summed E-state index contributed by atoms with van der Waals surface area (Å²) in [6.45, 7) is 4.58. The van der Waals surface area contributed by atoms with E-state index in [0.717, 1.165) is 18.9 Å². The predicted octanol–water partition coefficient (Wildman–Crippen LogP) is 5.13. The molecule has 2 heterocycles. The zero-order valence-corrected chi connectivity index (χ0v) is 15.9. The highest BCUT2D eigenvalue weighted by Crippen LogP contribution is 2.45. The van der Waals surface area contributed by atoms with Gasteiger partial charge in [-0.15, -0.1) is 0 Å². The van der Waals surface area contributed by atoms with Crippen molar-refractivity contribution in [2.24, 2.45) is 5.92 Å². The minimum atomic E-state index is 0.611. The highest BCUT2D eigenvalue weighted by Gasteiger charge is 2.37. The van der Waals surface area contributed by atoms with Crippen molar-refractivity contribution < 1.29 is 0 Å². The molecule has 2 nitrogen and oxygen atoms in total. The molecule has 0 spiro atoms. The van der Waals surface area contributed by atoms with Gasteiger partial charge in [0.15, 0.2) is 0 Å². The molecule has 2 heteroatoms. The summed E-state index contributed by atoms with van der Waals surface area (Å²) >= 11 is 0. The maximum atomic E-state index is 2.64. The number of nitrogens with zero attached hydrogens (tertiary/aromatic N) is 2. The van der Waals surface area contributed by atoms with E-state index in [2.05, 4.69) is 72.0 Å². The van der Waals surface area contributed by atoms with E-state index in [1.165, 1.54) is 47.8 Å². The van der Waals surface area contributed by atoms with Gasteiger partial charge in [0, 0.05) is 35.7 Å². The molecular formula is C24H28N2. The standard InChI is InChI=1S/C24H28N2/c1-17-8-10-21-20(14-17)24-22(11-9-19-15-23(24)25(2)16-19)26(21)13-12-18-6-4-3-5-7-18/h3-8,10,14,19,23H,9,11-13,15-16H2,1-2H3. The number of aromatic nitrogens is 1. The van der Waals surface area contributed by atoms with Crippen LogP contribution in [0.1, 0.15) is 41.3 Å². The van der Waals surface area contributed by atoms with Gasteiger partial charge in [-0.05, 0) is 68.8 Å². The Labute approximate surface area is 156 Å². The molecule has 1 aromatic heterocycles. The molecule has 2 aliphatic rings. The van der Waals surface area contributed by atoms with Crippen molar-refractivity contribution in [3.05, 3.63) is 70.9 Å². The lowest BCUT2D eigenvalue weighted by Crippen LogP contribution is -2.21. The smallest absolute Gasteiger partial charge is 0.0486 e. The molecule has 134 valence electrons. The second-order valence-electron chi connectivity index (χ2n) is 8.36. The van der Waals surface area contributed by atoms with E-state index >= 15 is 0 Å². The Hall–Kier alpha value is -2.06. The average molecular weight is 345 g/mol. The summed E-state index contributed by atoms with van der Waals surface area (Å²) in [5.74, 6) is 0.875. The van der Waals surface area contributed by atoms with Crippen LogP contribution in [-0.2, 0) is 19.4 Å². The number of likely N-dealkylation sites (tertiary alicyclic amines) is 1. The largest absolute Gasteiger partial charge is 0.344 e. The molecule has 1 fully saturated rings. The van der Waals surface area contributed by atoms with E-state index in [1.54, 1.807) is 11.3 Å². The van der Waals surface area contributed by atoms with Crippen molar-refractivity contribution in [3.8, 4) is 0 Å². The van der Waals surface area contributed by atoms with Crippen LogP contribution >= 0.6 is 0 Å². The van der Waals surface area contributed by atoms with Gasteiger partial charge in [0.1, 0.15) is 0 Å². The number of hydrogen-bond acceptors (Lipinski definition) is 1. The molecule has 0 saturated carbocycles. The molecule has 3 aromatic rings. The second-order valence-corrected chi connectivity index (χ2v) is 8.36. The first-order valence-electron chi connectivity index (χ1n) is 10.1. The molecule has 1 aliphatic heterocycles. The summed E-state index contributed by atoms with van der Waals surface area (Å²) in [5, 5.41) is 1.51. The fourth-order valence-electron chi connectivity index (χ4n) is 5.32. The third-order valence-electron chi connectivity index (χ3n) is 6.59. The topological polar surface area (TPSA) is 8.17 Å². The van der Waals surface area contributed by atoms with Gasteiger partial charge >= 0.3 is 0 Å². The van der Waals surface area contributed by atoms with Gasteiger partial charge in [-0.1, -0.05) is 42.0 Å². The Bertz CT molecular complexity index is 938. The second kappa shape index (κ2) is 6.28. The highest BCUT2D eigenvalue weighted by molar-refractivity contribution is 5.87. The maximum absolute atomic E-state index is 2.64. The lowest BCUT2D eigenvalue weighted by atomic mass is 9.99. The molecule has 5 rings (SSSR count). The minimum Gasteiger partial charge on any atom is -0.344 e. The van der Waals surface area contributed by atoms with Crippen LogP contribution in [0.4, 0.5) is 0 Å². The first kappa shape index (κ1) is 16.1. The van der Waals surface area contributed by atoms with Crippen molar-refractivity contribution in [1.82, 2.24) is 9.47 Å². The normalized spacial score (nSPS) is 22.5. The van der Waals surface area contributed by atoms with Crippen molar-refractivity contribution in [2.45, 2.75) is 45.2 Å². The van der Waals surface area contributed by atoms with Crippen LogP contribution < -0.4 is 0 Å². The van der Waals surface area contributed by atoms with Gasteiger partial charge in [-0.2, -0.15) is 0 Å². The maximum Gasteiger partial charge on any atom is 0.0486 e. The summed E-state index contributed by atoms with van der Waals surface area (Å²) in [5.41, 5.74) is 7.50. The summed E-state index contributed by atoms with van der Waals surface area (Å²) < 4.78 is 2.64. The zero-order chi connectivity index (χ0) is 17.7. The molecule has 2 unspecified atom stereocenters. The van der Waals surface area contributed by atoms with E-state index in [0.29, 0.717) is 6.04 Å². The molecule has 2 atom stereocenters. The Morgan fingerprint density at radius 2 is 1.92 bits per heavy atom. The Morgan fingerprint density at radius 3 is 2.77 bits per heavy atom. The Morgan fingerprint density at radius 1 is 1.08 bits per heavy atom. The molecule has 0 amide bonds. The monoisotopic (exact) mass is 344 g/mol. The van der Waals surface area contributed by atoms with Crippen LogP contribution in [0.15, 0.2) is 48.5 Å². The van der Waals surface area contributed by atoms with E-state index in [9.17, 15) is 0 Å². The molecule has 1 aliphatic carbocycles. The number of fused-ring (bicyclic) bond motifs is 6. The molecule has 26 heavy (non-hydrogen) atoms. The molecule has 2 aromatic carbocycles. The molecule has 2 bridgehead atoms. The van der Waals surface area contributed by atoms with Crippen LogP contribution in [0.3, 0.4) is 0 Å². The molecule has 0 radical (unpaired) electrons. The molecule has 1 saturated heterocycles. The van der Waals surface area contributed by atoms with E-state index in [1.807, 2.05) is 0 Å². The first-order valence-corrected chi connectivity index (χ1v) is 10.1. The van der Waals surface area contributed by atoms with Gasteiger partial charge in [0.25, 0.3) is 0 Å². The lowest BCUT2D eigenvalue weighted by Gasteiger charge is -2.22. The summed E-state index contributed by atoms with van der Waals surface area (Å²) in [6, 6.07) is 18.6. The molecule has 0 N–H and O–H groups in total. The minimum absolute atomic E-state index is 0.611. The SMILES string of the molecule is Cc1ccc2c(c1)c1c(n2CCc2ccccc2)CCC2CC1N(C)C2. The van der Waals surface area contributed by atoms with E-state index in [4.69, 9.17) is 0 Å². The number of benzene rings is 2. The van der Waals surface area contributed by atoms with Crippen molar-refractivity contribution in [1.29, 1.82) is 0 Å². The van der Waals surface area contributed by atoms with E-state index in [-0.39, 0.29) is 0 Å². The van der Waals surface area contributed by atoms with Crippen LogP contribution in [0.5, 0.6) is 0 Å². The number of hydrogen-bond donors (Lipinski definition) is 0. The summed E-state index contributed by atoms with van der Waals surface area (Å²) in [6.07, 6.45) is 5.03. The van der Waals surface area contributed by atoms with Gasteiger partial charge < -0.3 is 4.57 Å². The zero-order valence-electron chi connectivity index (χ0n) is 15.9. The average Bonchev–Trinajstić information content (AvgIpc) is 3.07. The first-order chi connectivity index (χ1) is 12.7. The predicted molar refractivity (Wildman–Crippen MR) is 109 cm³/mol. The summed E-state index contributed by atoms with van der Waals surface area (Å²) in [7, 11) is 2.32. The third-order valence-corrected chi connectivity index (χ3v) is 6.59. The Balaban J connectivity index is 1.63. The van der Waals surface area contributed by atoms with Crippen molar-refractivity contribution in [3.63, 3.8) is 0 Å². The van der Waals surface area contributed by atoms with Gasteiger partial charge in [-0.3, -0.25) is 4.90 Å². The lowest BCUT2D eigenvalue weighted by molar-refractivity contribution is 0.307. The van der Waals surface area contributed by atoms with Crippen LogP contribution in [-0.4, -0.2) is 23.1 Å². The van der Waals surface area contributed by atoms with Gasteiger partial charge in [-0.25, -0.2) is 0 Å². The highest BCUT2D eigenvalue weighted by atomic mass is 15.2. The van der Waals surface area contributed by atoms with Gasteiger partial charge in [0.05, 0.1) is 0 Å². The third kappa shape index (κ3) is 2.59. The quantitative estimate of drug-likeness (QED) is 0.639. The summed E-state index contributed by atoms with van der Waals surface area (Å²) in [4.78, 5) is 2.60. The number of rotatable bonds is 3. The van der Waals surface area contributed by atoms with Crippen LogP contribution in [0.25, 0.3) is 10.9 Å². The van der Waals surface area contributed by atoms with Gasteiger partial charge in [0.2, 0.25) is 0 Å². The van der Waals surface area contributed by atoms with Crippen LogP contribution in [0.2, 0.25) is 0 Å². The number of aryl methyl sites for hydroxylation is 3. The van der Waals surface area contributed by atoms with Crippen molar-refractivity contribution >= 4 is 10.9 Å². The fourth-order valence-corrected chi connectivity index (χ4v) is 5.32. The van der Waals surface area contributed by atoms with Crippen LogP contribution in [0, 0.1) is 12.8 Å².